The molecule has 0 atom stereocenters. The van der Waals surface area contributed by atoms with Gasteiger partial charge >= 0.3 is 5.97 Å². The highest BCUT2D eigenvalue weighted by Crippen LogP contribution is 2.33. The van der Waals surface area contributed by atoms with Gasteiger partial charge in [-0.3, -0.25) is 14.7 Å². The predicted molar refractivity (Wildman–Crippen MR) is 85.7 cm³/mol. The Kier molecular flexibility index (Phi) is 5.21. The molecule has 0 aromatic heterocycles. The van der Waals surface area contributed by atoms with Crippen LogP contribution in [0.2, 0.25) is 0 Å². The molecule has 6 nitrogen and oxygen atoms in total. The maximum atomic E-state index is 12.1. The van der Waals surface area contributed by atoms with Gasteiger partial charge in [-0.25, -0.2) is 4.79 Å². The molecule has 1 saturated heterocycles. The summed E-state index contributed by atoms with van der Waals surface area (Å²) in [5.41, 5.74) is 0.716. The van der Waals surface area contributed by atoms with Crippen LogP contribution in [0.15, 0.2) is 34.2 Å². The molecule has 0 saturated carbocycles. The van der Waals surface area contributed by atoms with E-state index in [1.807, 2.05) is 12.1 Å². The van der Waals surface area contributed by atoms with E-state index in [4.69, 9.17) is 4.74 Å². The van der Waals surface area contributed by atoms with Crippen molar-refractivity contribution >= 4 is 34.9 Å². The third-order valence-electron chi connectivity index (χ3n) is 2.97. The van der Waals surface area contributed by atoms with Crippen molar-refractivity contribution in [1.29, 1.82) is 0 Å². The second-order valence-corrected chi connectivity index (χ2v) is 5.39. The van der Waals surface area contributed by atoms with E-state index in [0.717, 1.165) is 0 Å². The van der Waals surface area contributed by atoms with Crippen molar-refractivity contribution in [3.05, 3.63) is 34.7 Å². The number of amidine groups is 1. The number of rotatable bonds is 4. The van der Waals surface area contributed by atoms with Gasteiger partial charge in [0, 0.05) is 19.7 Å². The first-order valence-electron chi connectivity index (χ1n) is 6.50. The normalized spacial score (nSPS) is 18.1. The average molecular weight is 320 g/mol. The number of hydrogen-bond donors (Lipinski definition) is 0. The maximum Gasteiger partial charge on any atom is 0.343 e. The summed E-state index contributed by atoms with van der Waals surface area (Å²) in [5, 5.41) is 0.643. The van der Waals surface area contributed by atoms with E-state index in [-0.39, 0.29) is 12.5 Å². The van der Waals surface area contributed by atoms with Gasteiger partial charge in [-0.15, -0.1) is 0 Å². The molecule has 2 rings (SSSR count). The standard InChI is InChI=1S/C15H16N2O4S/c1-16-15-17(2)14(19)12(22-15)8-10-6-4-5-7-11(10)21-9-13(18)20-3/h4-8H,9H2,1-3H3/b12-8-,16-15?. The van der Waals surface area contributed by atoms with E-state index in [2.05, 4.69) is 9.73 Å². The highest BCUT2D eigenvalue weighted by atomic mass is 32.2. The minimum absolute atomic E-state index is 0.117. The van der Waals surface area contributed by atoms with Crippen molar-refractivity contribution < 1.29 is 19.1 Å². The van der Waals surface area contributed by atoms with Crippen molar-refractivity contribution in [3.63, 3.8) is 0 Å². The number of carbonyl (C=O) groups excluding carboxylic acids is 2. The third-order valence-corrected chi connectivity index (χ3v) is 4.13. The minimum Gasteiger partial charge on any atom is -0.481 e. The molecule has 1 aliphatic heterocycles. The Bertz CT molecular complexity index is 655. The molecule has 22 heavy (non-hydrogen) atoms. The number of likely N-dealkylation sites (N-methyl/N-ethyl adjacent to an activating group) is 1. The quantitative estimate of drug-likeness (QED) is 0.625. The van der Waals surface area contributed by atoms with Crippen LogP contribution in [0.1, 0.15) is 5.56 Å². The number of nitrogens with zero attached hydrogens (tertiary/aromatic N) is 2. The lowest BCUT2D eigenvalue weighted by Crippen LogP contribution is -2.23. The number of para-hydroxylation sites is 1. The SMILES string of the molecule is CN=C1S/C(=C\c2ccccc2OCC(=O)OC)C(=O)N1C. The topological polar surface area (TPSA) is 68.2 Å². The first-order chi connectivity index (χ1) is 10.6. The van der Waals surface area contributed by atoms with Crippen LogP contribution in [-0.4, -0.2) is 49.8 Å². The Hall–Kier alpha value is -2.28. The van der Waals surface area contributed by atoms with Gasteiger partial charge in [0.05, 0.1) is 12.0 Å². The van der Waals surface area contributed by atoms with Crippen LogP contribution in [0.3, 0.4) is 0 Å². The molecule has 1 heterocycles. The zero-order chi connectivity index (χ0) is 16.1. The van der Waals surface area contributed by atoms with Gasteiger partial charge in [0.15, 0.2) is 11.8 Å². The van der Waals surface area contributed by atoms with Crippen LogP contribution in [0.5, 0.6) is 5.75 Å². The molecule has 1 aromatic rings. The van der Waals surface area contributed by atoms with Crippen LogP contribution in [0.25, 0.3) is 6.08 Å². The summed E-state index contributed by atoms with van der Waals surface area (Å²) in [6, 6.07) is 7.18. The number of thioether (sulfide) groups is 1. The highest BCUT2D eigenvalue weighted by Gasteiger charge is 2.29. The fourth-order valence-corrected chi connectivity index (χ4v) is 2.74. The van der Waals surface area contributed by atoms with Gasteiger partial charge in [0.25, 0.3) is 5.91 Å². The summed E-state index contributed by atoms with van der Waals surface area (Å²) in [5.74, 6) is -0.0689. The molecule has 1 aliphatic rings. The molecule has 1 aromatic carbocycles. The number of benzene rings is 1. The van der Waals surface area contributed by atoms with Gasteiger partial charge < -0.3 is 9.47 Å². The number of hydrogen-bond acceptors (Lipinski definition) is 6. The summed E-state index contributed by atoms with van der Waals surface area (Å²) in [7, 11) is 4.62. The summed E-state index contributed by atoms with van der Waals surface area (Å²) >= 11 is 1.30. The van der Waals surface area contributed by atoms with E-state index < -0.39 is 5.97 Å². The lowest BCUT2D eigenvalue weighted by molar-refractivity contribution is -0.142. The molecule has 0 bridgehead atoms. The lowest BCUT2D eigenvalue weighted by atomic mass is 10.2. The van der Waals surface area contributed by atoms with E-state index in [9.17, 15) is 9.59 Å². The first-order valence-corrected chi connectivity index (χ1v) is 7.31. The van der Waals surface area contributed by atoms with Crippen molar-refractivity contribution in [1.82, 2.24) is 4.90 Å². The van der Waals surface area contributed by atoms with Crippen molar-refractivity contribution in [2.24, 2.45) is 4.99 Å². The molecular weight excluding hydrogens is 304 g/mol. The molecule has 0 aliphatic carbocycles. The Balaban J connectivity index is 2.25. The molecule has 0 spiro atoms. The lowest BCUT2D eigenvalue weighted by Gasteiger charge is -2.08. The largest absolute Gasteiger partial charge is 0.481 e. The second kappa shape index (κ2) is 7.13. The maximum absolute atomic E-state index is 12.1. The summed E-state index contributed by atoms with van der Waals surface area (Å²) < 4.78 is 9.98. The van der Waals surface area contributed by atoms with Crippen molar-refractivity contribution in [2.45, 2.75) is 0 Å². The van der Waals surface area contributed by atoms with Gasteiger partial charge in [-0.1, -0.05) is 18.2 Å². The van der Waals surface area contributed by atoms with Gasteiger partial charge in [-0.05, 0) is 23.9 Å². The van der Waals surface area contributed by atoms with Crippen LogP contribution in [0, 0.1) is 0 Å². The molecule has 1 fully saturated rings. The summed E-state index contributed by atoms with van der Waals surface area (Å²) in [4.78, 5) is 29.4. The monoisotopic (exact) mass is 320 g/mol. The molecule has 0 radical (unpaired) electrons. The molecule has 7 heteroatoms. The first kappa shape index (κ1) is 16.1. The van der Waals surface area contributed by atoms with E-state index in [0.29, 0.717) is 21.4 Å². The number of esters is 1. The Morgan fingerprint density at radius 3 is 2.77 bits per heavy atom. The number of aliphatic imine (C=N–C) groups is 1. The van der Waals surface area contributed by atoms with Gasteiger partial charge in [0.2, 0.25) is 0 Å². The van der Waals surface area contributed by atoms with E-state index in [1.54, 1.807) is 32.3 Å². The third kappa shape index (κ3) is 3.48. The highest BCUT2D eigenvalue weighted by molar-refractivity contribution is 8.18. The Labute approximate surface area is 132 Å². The number of amides is 1. The van der Waals surface area contributed by atoms with E-state index in [1.165, 1.54) is 23.8 Å². The van der Waals surface area contributed by atoms with Crippen molar-refractivity contribution in [2.75, 3.05) is 27.8 Å². The van der Waals surface area contributed by atoms with E-state index >= 15 is 0 Å². The molecule has 0 unspecified atom stereocenters. The van der Waals surface area contributed by atoms with Crippen LogP contribution < -0.4 is 4.74 Å². The second-order valence-electron chi connectivity index (χ2n) is 4.38. The Morgan fingerprint density at radius 1 is 1.41 bits per heavy atom. The number of methoxy groups -OCH3 is 1. The number of ether oxygens (including phenoxy) is 2. The van der Waals surface area contributed by atoms with Crippen LogP contribution in [-0.2, 0) is 14.3 Å². The van der Waals surface area contributed by atoms with Crippen LogP contribution >= 0.6 is 11.8 Å². The van der Waals surface area contributed by atoms with Gasteiger partial charge in [-0.2, -0.15) is 0 Å². The predicted octanol–water partition coefficient (Wildman–Crippen LogP) is 1.77. The van der Waals surface area contributed by atoms with Crippen LogP contribution in [0.4, 0.5) is 0 Å². The van der Waals surface area contributed by atoms with Gasteiger partial charge in [0.1, 0.15) is 5.75 Å². The summed E-state index contributed by atoms with van der Waals surface area (Å²) in [6.07, 6.45) is 1.73. The summed E-state index contributed by atoms with van der Waals surface area (Å²) in [6.45, 7) is -0.181. The molecular formula is C15H16N2O4S. The fraction of sp³-hybridized carbons (Fsp3) is 0.267. The van der Waals surface area contributed by atoms with Crippen molar-refractivity contribution in [3.8, 4) is 5.75 Å². The fourth-order valence-electron chi connectivity index (χ4n) is 1.82. The zero-order valence-electron chi connectivity index (χ0n) is 12.5. The average Bonchev–Trinajstić information content (AvgIpc) is 2.81. The molecule has 1 amide bonds. The molecule has 116 valence electrons. The smallest absolute Gasteiger partial charge is 0.343 e. The molecule has 0 N–H and O–H groups in total. The minimum atomic E-state index is -0.464. The number of carbonyl (C=O) groups is 2. The Morgan fingerprint density at radius 2 is 2.14 bits per heavy atom. The zero-order valence-corrected chi connectivity index (χ0v) is 13.3.